The van der Waals surface area contributed by atoms with E-state index < -0.39 is 35.7 Å². The molecule has 1 aromatic carbocycles. The Labute approximate surface area is 187 Å². The number of anilines is 2. The number of pyridine rings is 1. The molecule has 1 aliphatic rings. The Hall–Kier alpha value is -3.54. The van der Waals surface area contributed by atoms with E-state index in [1.54, 1.807) is 13.0 Å². The lowest BCUT2D eigenvalue weighted by molar-refractivity contribution is -0.274. The third-order valence-electron chi connectivity index (χ3n) is 4.84. The number of ether oxygens (including phenoxy) is 2. The summed E-state index contributed by atoms with van der Waals surface area (Å²) in [5.74, 6) is -0.474. The topological polar surface area (TPSA) is 113 Å². The van der Waals surface area contributed by atoms with E-state index in [0.29, 0.717) is 16.8 Å². The second kappa shape index (κ2) is 8.77. The molecule has 178 valence electrons. The van der Waals surface area contributed by atoms with Crippen LogP contribution in [0, 0.1) is 6.92 Å². The van der Waals surface area contributed by atoms with Crippen molar-refractivity contribution >= 4 is 23.4 Å². The van der Waals surface area contributed by atoms with E-state index in [1.807, 2.05) is 0 Å². The summed E-state index contributed by atoms with van der Waals surface area (Å²) in [6.45, 7) is 4.25. The number of nitrogens with zero attached hydrogens (tertiary/aromatic N) is 2. The molecular weight excluding hydrogens is 445 g/mol. The van der Waals surface area contributed by atoms with Crippen LogP contribution in [-0.2, 0) is 4.79 Å². The van der Waals surface area contributed by atoms with Crippen LogP contribution in [0.1, 0.15) is 31.0 Å². The van der Waals surface area contributed by atoms with E-state index >= 15 is 0 Å². The van der Waals surface area contributed by atoms with E-state index in [1.165, 1.54) is 33.1 Å². The standard InChI is InChI=1S/C21H23F3N4O5/c1-11-9-14-17(27-18(11)32-4)28(10-15(29)25-14)19(30)26-16(20(2,3)31)12-5-7-13(8-6-12)33-21(22,23)24/h5-9,16,31H,10H2,1-4H3,(H,25,29)(H,26,30). The molecule has 0 saturated heterocycles. The van der Waals surface area contributed by atoms with Crippen molar-refractivity contribution in [1.82, 2.24) is 10.3 Å². The van der Waals surface area contributed by atoms with Crippen molar-refractivity contribution in [2.24, 2.45) is 0 Å². The van der Waals surface area contributed by atoms with Gasteiger partial charge in [0.05, 0.1) is 24.4 Å². The van der Waals surface area contributed by atoms with Crippen molar-refractivity contribution in [3.8, 4) is 11.6 Å². The van der Waals surface area contributed by atoms with Crippen molar-refractivity contribution < 1.29 is 37.3 Å². The maximum atomic E-state index is 13.1. The molecule has 3 rings (SSSR count). The van der Waals surface area contributed by atoms with E-state index in [2.05, 4.69) is 20.4 Å². The van der Waals surface area contributed by atoms with Crippen LogP contribution in [0.5, 0.6) is 11.6 Å². The number of alkyl halides is 3. The third kappa shape index (κ3) is 5.64. The zero-order valence-electron chi connectivity index (χ0n) is 18.3. The quantitative estimate of drug-likeness (QED) is 0.621. The van der Waals surface area contributed by atoms with Crippen molar-refractivity contribution in [2.45, 2.75) is 38.8 Å². The molecule has 2 heterocycles. The van der Waals surface area contributed by atoms with Gasteiger partial charge in [-0.05, 0) is 44.5 Å². The van der Waals surface area contributed by atoms with Gasteiger partial charge in [0, 0.05) is 5.56 Å². The molecule has 1 unspecified atom stereocenters. The highest BCUT2D eigenvalue weighted by Gasteiger charge is 2.36. The first-order chi connectivity index (χ1) is 15.3. The van der Waals surface area contributed by atoms with Gasteiger partial charge < -0.3 is 25.2 Å². The highest BCUT2D eigenvalue weighted by Crippen LogP contribution is 2.34. The molecule has 0 bridgehead atoms. The van der Waals surface area contributed by atoms with E-state index in [0.717, 1.165) is 17.0 Å². The van der Waals surface area contributed by atoms with Crippen molar-refractivity contribution in [2.75, 3.05) is 23.9 Å². The van der Waals surface area contributed by atoms with Gasteiger partial charge in [0.15, 0.2) is 5.82 Å². The Bertz CT molecular complexity index is 1050. The largest absolute Gasteiger partial charge is 0.573 e. The van der Waals surface area contributed by atoms with Gasteiger partial charge in [-0.15, -0.1) is 13.2 Å². The number of aromatic nitrogens is 1. The number of hydrogen-bond donors (Lipinski definition) is 3. The molecule has 0 spiro atoms. The minimum Gasteiger partial charge on any atom is -0.481 e. The number of fused-ring (bicyclic) bond motifs is 1. The number of amides is 3. The molecule has 9 nitrogen and oxygen atoms in total. The lowest BCUT2D eigenvalue weighted by atomic mass is 9.92. The Kier molecular flexibility index (Phi) is 6.41. The maximum Gasteiger partial charge on any atom is 0.573 e. The molecule has 1 aliphatic heterocycles. The van der Waals surface area contributed by atoms with Gasteiger partial charge in [-0.3, -0.25) is 9.69 Å². The smallest absolute Gasteiger partial charge is 0.481 e. The summed E-state index contributed by atoms with van der Waals surface area (Å²) in [5, 5.41) is 15.9. The van der Waals surface area contributed by atoms with Crippen molar-refractivity contribution in [3.05, 3.63) is 41.5 Å². The predicted molar refractivity (Wildman–Crippen MR) is 112 cm³/mol. The van der Waals surface area contributed by atoms with Crippen LogP contribution < -0.4 is 25.0 Å². The second-order valence-electron chi connectivity index (χ2n) is 7.97. The Morgan fingerprint density at radius 1 is 1.27 bits per heavy atom. The number of rotatable bonds is 5. The molecular formula is C21H23F3N4O5. The Morgan fingerprint density at radius 3 is 2.45 bits per heavy atom. The van der Waals surface area contributed by atoms with E-state index in [-0.39, 0.29) is 18.2 Å². The summed E-state index contributed by atoms with van der Waals surface area (Å²) in [5.41, 5.74) is -0.231. The molecule has 0 saturated carbocycles. The first-order valence-corrected chi connectivity index (χ1v) is 9.80. The third-order valence-corrected chi connectivity index (χ3v) is 4.84. The molecule has 12 heteroatoms. The van der Waals surface area contributed by atoms with Crippen LogP contribution in [-0.4, -0.2) is 47.6 Å². The highest BCUT2D eigenvalue weighted by atomic mass is 19.4. The summed E-state index contributed by atoms with van der Waals surface area (Å²) in [6, 6.07) is 4.58. The van der Waals surface area contributed by atoms with Crippen LogP contribution in [0.4, 0.5) is 29.5 Å². The normalized spacial score (nSPS) is 14.8. The molecule has 3 N–H and O–H groups in total. The maximum absolute atomic E-state index is 13.1. The highest BCUT2D eigenvalue weighted by molar-refractivity contribution is 6.08. The molecule has 33 heavy (non-hydrogen) atoms. The van der Waals surface area contributed by atoms with Crippen LogP contribution >= 0.6 is 0 Å². The zero-order chi connectivity index (χ0) is 24.6. The lowest BCUT2D eigenvalue weighted by Crippen LogP contribution is -2.51. The molecule has 0 aliphatic carbocycles. The van der Waals surface area contributed by atoms with E-state index in [9.17, 15) is 27.9 Å². The SMILES string of the molecule is COc1nc2c(cc1C)NC(=O)CN2C(=O)NC(c1ccc(OC(F)(F)F)cc1)C(C)(C)O. The van der Waals surface area contributed by atoms with Crippen molar-refractivity contribution in [3.63, 3.8) is 0 Å². The number of benzene rings is 1. The molecule has 3 amide bonds. The van der Waals surface area contributed by atoms with E-state index in [4.69, 9.17) is 4.74 Å². The van der Waals surface area contributed by atoms with Gasteiger partial charge in [-0.25, -0.2) is 4.79 Å². The van der Waals surface area contributed by atoms with Gasteiger partial charge in [-0.1, -0.05) is 12.1 Å². The van der Waals surface area contributed by atoms with Gasteiger partial charge in [0.25, 0.3) is 0 Å². The summed E-state index contributed by atoms with van der Waals surface area (Å²) in [6.07, 6.45) is -4.85. The Morgan fingerprint density at radius 2 is 1.91 bits per heavy atom. The van der Waals surface area contributed by atoms with Crippen LogP contribution in [0.2, 0.25) is 0 Å². The summed E-state index contributed by atoms with van der Waals surface area (Å²) in [7, 11) is 1.42. The lowest BCUT2D eigenvalue weighted by Gasteiger charge is -2.34. The molecule has 1 aromatic heterocycles. The fraction of sp³-hybridized carbons (Fsp3) is 0.381. The minimum atomic E-state index is -4.85. The zero-order valence-corrected chi connectivity index (χ0v) is 18.3. The molecule has 2 aromatic rings. The number of aliphatic hydroxyl groups is 1. The number of aryl methyl sites for hydroxylation is 1. The number of hydrogen-bond acceptors (Lipinski definition) is 6. The molecule has 0 radical (unpaired) electrons. The van der Waals surface area contributed by atoms with Gasteiger partial charge in [-0.2, -0.15) is 4.98 Å². The van der Waals surface area contributed by atoms with Gasteiger partial charge in [0.2, 0.25) is 11.8 Å². The number of carbonyl (C=O) groups excluding carboxylic acids is 2. The average molecular weight is 468 g/mol. The summed E-state index contributed by atoms with van der Waals surface area (Å²) >= 11 is 0. The van der Waals surface area contributed by atoms with Crippen LogP contribution in [0.3, 0.4) is 0 Å². The monoisotopic (exact) mass is 468 g/mol. The number of methoxy groups -OCH3 is 1. The van der Waals surface area contributed by atoms with Gasteiger partial charge >= 0.3 is 12.4 Å². The van der Waals surface area contributed by atoms with Gasteiger partial charge in [0.1, 0.15) is 12.3 Å². The first-order valence-electron chi connectivity index (χ1n) is 9.80. The molecule has 1 atom stereocenters. The molecule has 0 fully saturated rings. The van der Waals surface area contributed by atoms with Crippen molar-refractivity contribution in [1.29, 1.82) is 0 Å². The number of urea groups is 1. The first kappa shape index (κ1) is 24.1. The predicted octanol–water partition coefficient (Wildman–Crippen LogP) is 3.28. The number of nitrogens with one attached hydrogen (secondary N) is 2. The number of halogens is 3. The second-order valence-corrected chi connectivity index (χ2v) is 7.97. The van der Waals surface area contributed by atoms with Crippen LogP contribution in [0.25, 0.3) is 0 Å². The fourth-order valence-electron chi connectivity index (χ4n) is 3.40. The average Bonchev–Trinajstić information content (AvgIpc) is 2.69. The summed E-state index contributed by atoms with van der Waals surface area (Å²) < 4.78 is 46.3. The number of carbonyl (C=O) groups is 2. The Balaban J connectivity index is 1.90. The minimum absolute atomic E-state index is 0.151. The summed E-state index contributed by atoms with van der Waals surface area (Å²) in [4.78, 5) is 30.7. The fourth-order valence-corrected chi connectivity index (χ4v) is 3.40. The van der Waals surface area contributed by atoms with Crippen LogP contribution in [0.15, 0.2) is 30.3 Å².